The molecule has 0 spiro atoms. The molecule has 0 unspecified atom stereocenters. The van der Waals surface area contributed by atoms with Gasteiger partial charge in [0.15, 0.2) is 0 Å². The summed E-state index contributed by atoms with van der Waals surface area (Å²) in [5.41, 5.74) is 2.33. The van der Waals surface area contributed by atoms with Gasteiger partial charge in [0.25, 0.3) is 0 Å². The minimum Gasteiger partial charge on any atom is -0.390 e. The van der Waals surface area contributed by atoms with E-state index >= 15 is 0 Å². The number of aliphatic hydroxyl groups is 1. The summed E-state index contributed by atoms with van der Waals surface area (Å²) >= 11 is 0. The second-order valence-electron chi connectivity index (χ2n) is 7.00. The number of piperazine rings is 1. The Hall–Kier alpha value is -0.950. The molecule has 0 bridgehead atoms. The fourth-order valence-electron chi connectivity index (χ4n) is 3.55. The smallest absolute Gasteiger partial charge is 0.0793 e. The van der Waals surface area contributed by atoms with Gasteiger partial charge in [-0.25, -0.2) is 0 Å². The molecule has 2 aliphatic rings. The van der Waals surface area contributed by atoms with E-state index in [9.17, 15) is 5.11 Å². The molecule has 1 aromatic heterocycles. The van der Waals surface area contributed by atoms with Crippen LogP contribution >= 0.6 is 0 Å². The molecule has 0 aliphatic carbocycles. The normalized spacial score (nSPS) is 23.6. The fourth-order valence-corrected chi connectivity index (χ4v) is 3.55. The molecule has 3 rings (SSSR count). The van der Waals surface area contributed by atoms with E-state index in [0.717, 1.165) is 58.1 Å². The topological polar surface area (TPSA) is 47.8 Å². The number of hydrogen-bond acceptors (Lipinski definition) is 5. The van der Waals surface area contributed by atoms with Gasteiger partial charge < -0.3 is 10.0 Å². The largest absolute Gasteiger partial charge is 0.390 e. The van der Waals surface area contributed by atoms with Crippen LogP contribution in [0.3, 0.4) is 0 Å². The van der Waals surface area contributed by atoms with Gasteiger partial charge in [-0.05, 0) is 27.0 Å². The van der Waals surface area contributed by atoms with Crippen molar-refractivity contribution in [1.82, 2.24) is 24.5 Å². The lowest BCUT2D eigenvalue weighted by Gasteiger charge is -2.41. The first-order valence-electron chi connectivity index (χ1n) is 8.35. The highest BCUT2D eigenvalue weighted by molar-refractivity contribution is 5.09. The molecule has 0 aromatic carbocycles. The third-order valence-corrected chi connectivity index (χ3v) is 4.86. The highest BCUT2D eigenvalue weighted by atomic mass is 16.3. The van der Waals surface area contributed by atoms with Crippen molar-refractivity contribution >= 4 is 0 Å². The van der Waals surface area contributed by atoms with E-state index < -0.39 is 0 Å². The van der Waals surface area contributed by atoms with Crippen LogP contribution in [0.25, 0.3) is 0 Å². The van der Waals surface area contributed by atoms with Gasteiger partial charge in [0.2, 0.25) is 0 Å². The Balaban J connectivity index is 1.39. The molecular formula is C16H29N5O. The van der Waals surface area contributed by atoms with Crippen LogP contribution in [0.5, 0.6) is 0 Å². The second-order valence-corrected chi connectivity index (χ2v) is 7.00. The lowest BCUT2D eigenvalue weighted by atomic mass is 10.1. The molecule has 6 nitrogen and oxygen atoms in total. The number of aryl methyl sites for hydroxylation is 2. The molecule has 3 heterocycles. The average molecular weight is 307 g/mol. The number of nitrogens with zero attached hydrogens (tertiary/aromatic N) is 5. The molecule has 1 N–H and O–H groups in total. The molecule has 1 atom stereocenters. The standard InChI is InChI=1S/C16H29N5O/c1-13-8-14(2)21(17-13)15-9-20(10-15)12-16(22)11-19-6-4-18(3)5-7-19/h8,15-16,22H,4-7,9-12H2,1-3H3/t16-/m1/s1. The van der Waals surface area contributed by atoms with E-state index in [1.807, 2.05) is 6.92 Å². The third kappa shape index (κ3) is 3.68. The first kappa shape index (κ1) is 15.9. The van der Waals surface area contributed by atoms with Crippen LogP contribution in [0.2, 0.25) is 0 Å². The highest BCUT2D eigenvalue weighted by Gasteiger charge is 2.31. The van der Waals surface area contributed by atoms with Gasteiger partial charge in [0, 0.05) is 58.1 Å². The Morgan fingerprint density at radius 1 is 1.14 bits per heavy atom. The predicted molar refractivity (Wildman–Crippen MR) is 87.1 cm³/mol. The lowest BCUT2D eigenvalue weighted by molar-refractivity contribution is 0.0166. The summed E-state index contributed by atoms with van der Waals surface area (Å²) in [6, 6.07) is 2.61. The number of likely N-dealkylation sites (N-methyl/N-ethyl adjacent to an activating group) is 1. The van der Waals surface area contributed by atoms with Gasteiger partial charge >= 0.3 is 0 Å². The Morgan fingerprint density at radius 3 is 2.36 bits per heavy atom. The molecule has 22 heavy (non-hydrogen) atoms. The van der Waals surface area contributed by atoms with E-state index in [-0.39, 0.29) is 6.10 Å². The maximum Gasteiger partial charge on any atom is 0.0793 e. The Morgan fingerprint density at radius 2 is 1.77 bits per heavy atom. The number of aromatic nitrogens is 2. The summed E-state index contributed by atoms with van der Waals surface area (Å²) in [4.78, 5) is 7.06. The SMILES string of the molecule is Cc1cc(C)n(C2CN(C[C@H](O)CN3CCN(C)CC3)C2)n1. The van der Waals surface area contributed by atoms with E-state index in [0.29, 0.717) is 6.04 Å². The summed E-state index contributed by atoms with van der Waals surface area (Å²) < 4.78 is 2.14. The van der Waals surface area contributed by atoms with Crippen LogP contribution in [0, 0.1) is 13.8 Å². The summed E-state index contributed by atoms with van der Waals surface area (Å²) in [6.45, 7) is 12.1. The molecule has 6 heteroatoms. The van der Waals surface area contributed by atoms with Crippen LogP contribution in [0.1, 0.15) is 17.4 Å². The van der Waals surface area contributed by atoms with Crippen LogP contribution in [0.4, 0.5) is 0 Å². The van der Waals surface area contributed by atoms with Crippen LogP contribution in [-0.2, 0) is 0 Å². The van der Waals surface area contributed by atoms with Crippen molar-refractivity contribution < 1.29 is 5.11 Å². The number of hydrogen-bond donors (Lipinski definition) is 1. The molecule has 0 radical (unpaired) electrons. The summed E-state index contributed by atoms with van der Waals surface area (Å²) in [6.07, 6.45) is -0.246. The van der Waals surface area contributed by atoms with Gasteiger partial charge in [0.05, 0.1) is 17.8 Å². The van der Waals surface area contributed by atoms with Crippen molar-refractivity contribution in [2.75, 3.05) is 59.4 Å². The second kappa shape index (κ2) is 6.66. The first-order valence-corrected chi connectivity index (χ1v) is 8.35. The van der Waals surface area contributed by atoms with Crippen LogP contribution < -0.4 is 0 Å². The Kier molecular flexibility index (Phi) is 4.82. The van der Waals surface area contributed by atoms with Crippen LogP contribution in [-0.4, -0.2) is 95.1 Å². The predicted octanol–water partition coefficient (Wildman–Crippen LogP) is -0.0351. The summed E-state index contributed by atoms with van der Waals surface area (Å²) in [5.74, 6) is 0. The van der Waals surface area contributed by atoms with Gasteiger partial charge in [-0.1, -0.05) is 0 Å². The van der Waals surface area contributed by atoms with Crippen molar-refractivity contribution in [2.24, 2.45) is 0 Å². The van der Waals surface area contributed by atoms with E-state index in [1.165, 1.54) is 5.69 Å². The van der Waals surface area contributed by atoms with Crippen molar-refractivity contribution in [1.29, 1.82) is 0 Å². The molecule has 1 aromatic rings. The molecule has 0 amide bonds. The van der Waals surface area contributed by atoms with Gasteiger partial charge in [-0.15, -0.1) is 0 Å². The Labute approximate surface area is 133 Å². The molecular weight excluding hydrogens is 278 g/mol. The van der Waals surface area contributed by atoms with Gasteiger partial charge in [-0.3, -0.25) is 14.5 Å². The highest BCUT2D eigenvalue weighted by Crippen LogP contribution is 2.22. The van der Waals surface area contributed by atoms with E-state index in [2.05, 4.69) is 44.5 Å². The van der Waals surface area contributed by atoms with Crippen molar-refractivity contribution in [3.8, 4) is 0 Å². The van der Waals surface area contributed by atoms with Crippen LogP contribution in [0.15, 0.2) is 6.07 Å². The minimum absolute atomic E-state index is 0.246. The average Bonchev–Trinajstić information content (AvgIpc) is 2.75. The summed E-state index contributed by atoms with van der Waals surface area (Å²) in [5, 5.41) is 14.9. The summed E-state index contributed by atoms with van der Waals surface area (Å²) in [7, 11) is 2.16. The number of β-amino-alcohol motifs (C(OH)–C–C–N with tert-alkyl or cyclic N) is 1. The molecule has 2 aliphatic heterocycles. The first-order chi connectivity index (χ1) is 10.5. The van der Waals surface area contributed by atoms with Gasteiger partial charge in [0.1, 0.15) is 0 Å². The minimum atomic E-state index is -0.246. The molecule has 124 valence electrons. The maximum absolute atomic E-state index is 10.3. The Bertz CT molecular complexity index is 489. The number of aliphatic hydroxyl groups excluding tert-OH is 1. The fraction of sp³-hybridized carbons (Fsp3) is 0.812. The number of rotatable bonds is 5. The zero-order valence-corrected chi connectivity index (χ0v) is 14.1. The maximum atomic E-state index is 10.3. The molecule has 0 saturated carbocycles. The lowest BCUT2D eigenvalue weighted by Crippen LogP contribution is -2.53. The monoisotopic (exact) mass is 307 g/mol. The van der Waals surface area contributed by atoms with Crippen molar-refractivity contribution in [2.45, 2.75) is 26.0 Å². The zero-order valence-electron chi connectivity index (χ0n) is 14.1. The van der Waals surface area contributed by atoms with E-state index in [1.54, 1.807) is 0 Å². The molecule has 2 fully saturated rings. The zero-order chi connectivity index (χ0) is 15.7. The quantitative estimate of drug-likeness (QED) is 0.827. The number of likely N-dealkylation sites (tertiary alicyclic amines) is 1. The molecule has 2 saturated heterocycles. The van der Waals surface area contributed by atoms with E-state index in [4.69, 9.17) is 0 Å². The van der Waals surface area contributed by atoms with Gasteiger partial charge in [-0.2, -0.15) is 5.10 Å². The van der Waals surface area contributed by atoms with Crippen molar-refractivity contribution in [3.05, 3.63) is 17.5 Å². The van der Waals surface area contributed by atoms with Crippen molar-refractivity contribution in [3.63, 3.8) is 0 Å². The third-order valence-electron chi connectivity index (χ3n) is 4.86.